The maximum absolute atomic E-state index is 11.8. The lowest BCUT2D eigenvalue weighted by molar-refractivity contribution is -0.186. The average Bonchev–Trinajstić information content (AvgIpc) is 2.24. The van der Waals surface area contributed by atoms with Gasteiger partial charge in [0, 0.05) is 5.56 Å². The van der Waals surface area contributed by atoms with Crippen LogP contribution in [0.4, 0.5) is 13.2 Å². The van der Waals surface area contributed by atoms with Crippen LogP contribution in [0.3, 0.4) is 0 Å². The minimum atomic E-state index is -4.38. The SMILES string of the molecule is Cc1ccc(C(=N)N)cc1OCOCC(F)(F)F. The second kappa shape index (κ2) is 5.72. The fraction of sp³-hybridized carbons (Fsp3) is 0.364. The second-order valence-electron chi connectivity index (χ2n) is 3.62. The fourth-order valence-electron chi connectivity index (χ4n) is 1.19. The zero-order chi connectivity index (χ0) is 13.8. The molecule has 0 bridgehead atoms. The summed E-state index contributed by atoms with van der Waals surface area (Å²) in [6, 6.07) is 4.77. The third-order valence-electron chi connectivity index (χ3n) is 2.06. The van der Waals surface area contributed by atoms with Crippen LogP contribution < -0.4 is 10.5 Å². The van der Waals surface area contributed by atoms with E-state index in [0.29, 0.717) is 11.3 Å². The molecule has 1 aromatic rings. The van der Waals surface area contributed by atoms with Gasteiger partial charge in [0.1, 0.15) is 18.2 Å². The number of hydrogen-bond acceptors (Lipinski definition) is 3. The van der Waals surface area contributed by atoms with Crippen molar-refractivity contribution in [3.05, 3.63) is 29.3 Å². The Kier molecular flexibility index (Phi) is 4.55. The van der Waals surface area contributed by atoms with Gasteiger partial charge in [0.25, 0.3) is 0 Å². The number of amidine groups is 1. The molecule has 0 saturated heterocycles. The van der Waals surface area contributed by atoms with Crippen molar-refractivity contribution >= 4 is 5.84 Å². The summed E-state index contributed by atoms with van der Waals surface area (Å²) < 4.78 is 44.8. The van der Waals surface area contributed by atoms with E-state index < -0.39 is 19.6 Å². The number of aryl methyl sites for hydroxylation is 1. The molecule has 0 atom stereocenters. The van der Waals surface area contributed by atoms with E-state index >= 15 is 0 Å². The van der Waals surface area contributed by atoms with Crippen LogP contribution >= 0.6 is 0 Å². The third-order valence-corrected chi connectivity index (χ3v) is 2.06. The molecule has 0 unspecified atom stereocenters. The number of nitrogens with two attached hydrogens (primary N) is 1. The molecular weight excluding hydrogens is 249 g/mol. The van der Waals surface area contributed by atoms with Crippen molar-refractivity contribution < 1.29 is 22.6 Å². The van der Waals surface area contributed by atoms with Gasteiger partial charge in [-0.1, -0.05) is 12.1 Å². The predicted octanol–water partition coefficient (Wildman–Crippen LogP) is 2.19. The van der Waals surface area contributed by atoms with Gasteiger partial charge in [-0.3, -0.25) is 5.41 Å². The Hall–Kier alpha value is -1.76. The minimum absolute atomic E-state index is 0.143. The molecule has 0 radical (unpaired) electrons. The monoisotopic (exact) mass is 262 g/mol. The number of nitrogen functional groups attached to an aromatic ring is 1. The highest BCUT2D eigenvalue weighted by molar-refractivity contribution is 5.95. The van der Waals surface area contributed by atoms with Gasteiger partial charge in [-0.25, -0.2) is 0 Å². The molecule has 0 aromatic heterocycles. The summed E-state index contributed by atoms with van der Waals surface area (Å²) in [4.78, 5) is 0. The maximum Gasteiger partial charge on any atom is 0.411 e. The smallest absolute Gasteiger partial charge is 0.411 e. The molecule has 0 aliphatic carbocycles. The van der Waals surface area contributed by atoms with Gasteiger partial charge in [-0.15, -0.1) is 0 Å². The number of nitrogens with one attached hydrogen (secondary N) is 1. The van der Waals surface area contributed by atoms with Crippen molar-refractivity contribution in [1.29, 1.82) is 5.41 Å². The zero-order valence-electron chi connectivity index (χ0n) is 9.67. The van der Waals surface area contributed by atoms with Crippen LogP contribution in [0.25, 0.3) is 0 Å². The van der Waals surface area contributed by atoms with E-state index in [0.717, 1.165) is 5.56 Å². The summed E-state index contributed by atoms with van der Waals surface area (Å²) in [6.07, 6.45) is -4.38. The third kappa shape index (κ3) is 4.62. The molecular formula is C11H13F3N2O2. The van der Waals surface area contributed by atoms with Gasteiger partial charge < -0.3 is 15.2 Å². The number of alkyl halides is 3. The summed E-state index contributed by atoms with van der Waals surface area (Å²) in [6.45, 7) is -0.150. The summed E-state index contributed by atoms with van der Waals surface area (Å²) >= 11 is 0. The van der Waals surface area contributed by atoms with Gasteiger partial charge in [-0.05, 0) is 18.6 Å². The molecule has 4 nitrogen and oxygen atoms in total. The van der Waals surface area contributed by atoms with E-state index in [4.69, 9.17) is 15.9 Å². The van der Waals surface area contributed by atoms with E-state index in [2.05, 4.69) is 4.74 Å². The van der Waals surface area contributed by atoms with E-state index in [1.165, 1.54) is 6.07 Å². The fourth-order valence-corrected chi connectivity index (χ4v) is 1.19. The Balaban J connectivity index is 2.56. The summed E-state index contributed by atoms with van der Waals surface area (Å²) in [5.41, 5.74) is 6.45. The van der Waals surface area contributed by atoms with E-state index in [1.807, 2.05) is 0 Å². The first-order valence-electron chi connectivity index (χ1n) is 5.02. The molecule has 0 fully saturated rings. The van der Waals surface area contributed by atoms with E-state index in [-0.39, 0.29) is 5.84 Å². The zero-order valence-corrected chi connectivity index (χ0v) is 9.67. The first kappa shape index (κ1) is 14.3. The number of hydrogen-bond donors (Lipinski definition) is 2. The molecule has 0 saturated carbocycles. The van der Waals surface area contributed by atoms with Crippen molar-refractivity contribution in [2.45, 2.75) is 13.1 Å². The molecule has 0 aliphatic heterocycles. The quantitative estimate of drug-likeness (QED) is 0.370. The highest BCUT2D eigenvalue weighted by atomic mass is 19.4. The predicted molar refractivity (Wildman–Crippen MR) is 59.7 cm³/mol. The normalized spacial score (nSPS) is 11.3. The Morgan fingerprint density at radius 3 is 2.61 bits per heavy atom. The highest BCUT2D eigenvalue weighted by Crippen LogP contribution is 2.20. The van der Waals surface area contributed by atoms with Crippen LogP contribution in [0.5, 0.6) is 5.75 Å². The first-order chi connectivity index (χ1) is 8.29. The van der Waals surface area contributed by atoms with Crippen molar-refractivity contribution in [2.24, 2.45) is 5.73 Å². The summed E-state index contributed by atoms with van der Waals surface area (Å²) in [5, 5.41) is 7.24. The number of halogens is 3. The van der Waals surface area contributed by atoms with Crippen molar-refractivity contribution in [1.82, 2.24) is 0 Å². The van der Waals surface area contributed by atoms with E-state index in [9.17, 15) is 13.2 Å². The standard InChI is InChI=1S/C11H13F3N2O2/c1-7-2-3-8(10(15)16)4-9(7)18-6-17-5-11(12,13)14/h2-4H,5-6H2,1H3,(H3,15,16). The average molecular weight is 262 g/mol. The maximum atomic E-state index is 11.8. The summed E-state index contributed by atoms with van der Waals surface area (Å²) in [7, 11) is 0. The molecule has 0 amide bonds. The second-order valence-corrected chi connectivity index (χ2v) is 3.62. The Morgan fingerprint density at radius 1 is 1.39 bits per heavy atom. The minimum Gasteiger partial charge on any atom is -0.467 e. The molecule has 3 N–H and O–H groups in total. The van der Waals surface area contributed by atoms with Gasteiger partial charge in [0.15, 0.2) is 6.79 Å². The molecule has 7 heteroatoms. The van der Waals surface area contributed by atoms with Crippen molar-refractivity contribution in [3.8, 4) is 5.75 Å². The Labute approximate surface area is 102 Å². The van der Waals surface area contributed by atoms with Gasteiger partial charge >= 0.3 is 6.18 Å². The molecule has 100 valence electrons. The molecule has 0 aliphatic rings. The molecule has 0 heterocycles. The highest BCUT2D eigenvalue weighted by Gasteiger charge is 2.27. The lowest BCUT2D eigenvalue weighted by atomic mass is 10.1. The lowest BCUT2D eigenvalue weighted by Gasteiger charge is -2.12. The molecule has 18 heavy (non-hydrogen) atoms. The van der Waals surface area contributed by atoms with E-state index in [1.54, 1.807) is 19.1 Å². The molecule has 1 aromatic carbocycles. The van der Waals surface area contributed by atoms with Gasteiger partial charge in [0.2, 0.25) is 0 Å². The van der Waals surface area contributed by atoms with Crippen LogP contribution in [0.1, 0.15) is 11.1 Å². The van der Waals surface area contributed by atoms with Crippen LogP contribution in [-0.4, -0.2) is 25.4 Å². The van der Waals surface area contributed by atoms with Crippen LogP contribution in [0.2, 0.25) is 0 Å². The molecule has 0 spiro atoms. The largest absolute Gasteiger partial charge is 0.467 e. The molecule has 1 rings (SSSR count). The van der Waals surface area contributed by atoms with Crippen LogP contribution in [0, 0.1) is 12.3 Å². The Bertz CT molecular complexity index is 433. The lowest BCUT2D eigenvalue weighted by Crippen LogP contribution is -2.19. The topological polar surface area (TPSA) is 68.3 Å². The van der Waals surface area contributed by atoms with Crippen LogP contribution in [-0.2, 0) is 4.74 Å². The number of benzene rings is 1. The number of rotatable bonds is 5. The van der Waals surface area contributed by atoms with Gasteiger partial charge in [-0.2, -0.15) is 13.2 Å². The first-order valence-corrected chi connectivity index (χ1v) is 5.02. The Morgan fingerprint density at radius 2 is 2.06 bits per heavy atom. The van der Waals surface area contributed by atoms with Gasteiger partial charge in [0.05, 0.1) is 0 Å². The van der Waals surface area contributed by atoms with Crippen molar-refractivity contribution in [3.63, 3.8) is 0 Å². The number of ether oxygens (including phenoxy) is 2. The van der Waals surface area contributed by atoms with Crippen molar-refractivity contribution in [2.75, 3.05) is 13.4 Å². The van der Waals surface area contributed by atoms with Crippen LogP contribution in [0.15, 0.2) is 18.2 Å². The summed E-state index contributed by atoms with van der Waals surface area (Å²) in [5.74, 6) is 0.195.